The van der Waals surface area contributed by atoms with Crippen LogP contribution in [0.4, 0.5) is 0 Å². The van der Waals surface area contributed by atoms with Gasteiger partial charge in [0.25, 0.3) is 0 Å². The van der Waals surface area contributed by atoms with Gasteiger partial charge in [-0.05, 0) is 28.9 Å². The first-order chi connectivity index (χ1) is 8.38. The van der Waals surface area contributed by atoms with Crippen LogP contribution in [0.15, 0.2) is 36.4 Å². The summed E-state index contributed by atoms with van der Waals surface area (Å²) in [4.78, 5) is 0. The van der Waals surface area contributed by atoms with Crippen molar-refractivity contribution in [3.63, 3.8) is 0 Å². The Morgan fingerprint density at radius 1 is 1.00 bits per heavy atom. The Morgan fingerprint density at radius 2 is 1.61 bits per heavy atom. The molecule has 18 heavy (non-hydrogen) atoms. The number of hydrogen-bond acceptors (Lipinski definition) is 0. The number of halogens is 2. The van der Waals surface area contributed by atoms with Crippen LogP contribution in [0.5, 0.6) is 0 Å². The predicted molar refractivity (Wildman–Crippen MR) is 81.6 cm³/mol. The number of rotatable bonds is 2. The van der Waals surface area contributed by atoms with E-state index >= 15 is 0 Å². The van der Waals surface area contributed by atoms with Crippen molar-refractivity contribution in [3.05, 3.63) is 47.0 Å². The van der Waals surface area contributed by atoms with Crippen molar-refractivity contribution in [2.45, 2.75) is 32.6 Å². The van der Waals surface area contributed by atoms with Gasteiger partial charge < -0.3 is 0 Å². The number of alkyl halides is 1. The average Bonchev–Trinajstić information content (AvgIpc) is 2.27. The first kappa shape index (κ1) is 13.7. The molecule has 96 valence electrons. The highest BCUT2D eigenvalue weighted by atomic mass is 35.5. The molecular formula is C16H18Cl2. The summed E-state index contributed by atoms with van der Waals surface area (Å²) in [6, 6.07) is 12.2. The van der Waals surface area contributed by atoms with E-state index in [1.54, 1.807) is 0 Å². The van der Waals surface area contributed by atoms with Crippen molar-refractivity contribution in [1.29, 1.82) is 0 Å². The molecule has 0 aliphatic rings. The summed E-state index contributed by atoms with van der Waals surface area (Å²) in [5, 5.41) is 3.05. The monoisotopic (exact) mass is 280 g/mol. The minimum atomic E-state index is 0.0205. The average molecular weight is 281 g/mol. The van der Waals surface area contributed by atoms with Gasteiger partial charge >= 0.3 is 0 Å². The van der Waals surface area contributed by atoms with Gasteiger partial charge in [0.2, 0.25) is 0 Å². The first-order valence-corrected chi connectivity index (χ1v) is 7.01. The minimum Gasteiger partial charge on any atom is -0.118 e. The minimum absolute atomic E-state index is 0.0205. The molecule has 0 radical (unpaired) electrons. The predicted octanol–water partition coefficient (Wildman–Crippen LogP) is 6.21. The quantitative estimate of drug-likeness (QED) is 0.574. The van der Waals surface area contributed by atoms with Crippen LogP contribution in [0.25, 0.3) is 10.8 Å². The molecule has 0 amide bonds. The fourth-order valence-corrected chi connectivity index (χ4v) is 3.09. The second kappa shape index (κ2) is 5.11. The van der Waals surface area contributed by atoms with Gasteiger partial charge in [0.15, 0.2) is 0 Å². The van der Waals surface area contributed by atoms with Crippen molar-refractivity contribution in [2.75, 3.05) is 0 Å². The Morgan fingerprint density at radius 3 is 2.22 bits per heavy atom. The fourth-order valence-electron chi connectivity index (χ4n) is 2.21. The van der Waals surface area contributed by atoms with E-state index in [0.29, 0.717) is 0 Å². The molecule has 0 aliphatic carbocycles. The van der Waals surface area contributed by atoms with Crippen LogP contribution < -0.4 is 0 Å². The lowest BCUT2D eigenvalue weighted by Crippen LogP contribution is -2.08. The molecule has 1 unspecified atom stereocenters. The van der Waals surface area contributed by atoms with Gasteiger partial charge in [-0.15, -0.1) is 11.6 Å². The molecule has 0 N–H and O–H groups in total. The fraction of sp³-hybridized carbons (Fsp3) is 0.375. The van der Waals surface area contributed by atoms with E-state index in [2.05, 4.69) is 26.8 Å². The lowest BCUT2D eigenvalue weighted by Gasteiger charge is -2.23. The van der Waals surface area contributed by atoms with E-state index in [-0.39, 0.29) is 10.8 Å². The second-order valence-corrected chi connectivity index (χ2v) is 6.85. The summed E-state index contributed by atoms with van der Waals surface area (Å²) in [6.07, 6.45) is 0.945. The van der Waals surface area contributed by atoms with Crippen molar-refractivity contribution < 1.29 is 0 Å². The van der Waals surface area contributed by atoms with Crippen molar-refractivity contribution >= 4 is 34.0 Å². The van der Waals surface area contributed by atoms with E-state index in [1.165, 1.54) is 5.56 Å². The molecule has 0 spiro atoms. The zero-order chi connectivity index (χ0) is 13.3. The topological polar surface area (TPSA) is 0 Å². The largest absolute Gasteiger partial charge is 0.118 e. The van der Waals surface area contributed by atoms with Gasteiger partial charge in [0.05, 0.1) is 5.38 Å². The SMILES string of the molecule is CC(C)(C)CC(Cl)c1ccc(Cl)c2ccccc12. The molecular weight excluding hydrogens is 263 g/mol. The van der Waals surface area contributed by atoms with E-state index in [1.807, 2.05) is 30.3 Å². The maximum atomic E-state index is 6.58. The van der Waals surface area contributed by atoms with Crippen LogP contribution in [0.2, 0.25) is 5.02 Å². The van der Waals surface area contributed by atoms with E-state index in [0.717, 1.165) is 22.2 Å². The summed E-state index contributed by atoms with van der Waals surface area (Å²) >= 11 is 12.8. The lowest BCUT2D eigenvalue weighted by molar-refractivity contribution is 0.373. The second-order valence-electron chi connectivity index (χ2n) is 5.91. The molecule has 1 atom stereocenters. The van der Waals surface area contributed by atoms with Gasteiger partial charge in [0, 0.05) is 10.4 Å². The molecule has 0 bridgehead atoms. The third kappa shape index (κ3) is 2.99. The van der Waals surface area contributed by atoms with Gasteiger partial charge in [-0.25, -0.2) is 0 Å². The molecule has 0 aromatic heterocycles. The van der Waals surface area contributed by atoms with E-state index < -0.39 is 0 Å². The molecule has 2 rings (SSSR count). The molecule has 2 aromatic rings. The summed E-state index contributed by atoms with van der Waals surface area (Å²) in [7, 11) is 0. The van der Waals surface area contributed by atoms with Crippen molar-refractivity contribution in [2.24, 2.45) is 5.41 Å². The van der Waals surface area contributed by atoms with Crippen molar-refractivity contribution in [1.82, 2.24) is 0 Å². The Labute approximate surface area is 119 Å². The molecule has 2 heteroatoms. The van der Waals surface area contributed by atoms with Crippen LogP contribution in [0, 0.1) is 5.41 Å². The van der Waals surface area contributed by atoms with E-state index in [4.69, 9.17) is 23.2 Å². The summed E-state index contributed by atoms with van der Waals surface area (Å²) in [5.74, 6) is 0. The maximum absolute atomic E-state index is 6.58. The highest BCUT2D eigenvalue weighted by Crippen LogP contribution is 2.38. The van der Waals surface area contributed by atoms with Gasteiger partial charge in [-0.3, -0.25) is 0 Å². The molecule has 0 aliphatic heterocycles. The van der Waals surface area contributed by atoms with Crippen molar-refractivity contribution in [3.8, 4) is 0 Å². The maximum Gasteiger partial charge on any atom is 0.0596 e. The van der Waals surface area contributed by atoms with Crippen LogP contribution in [-0.4, -0.2) is 0 Å². The Balaban J connectivity index is 2.49. The normalized spacial score (nSPS) is 13.8. The van der Waals surface area contributed by atoms with Gasteiger partial charge in [0.1, 0.15) is 0 Å². The Kier molecular flexibility index (Phi) is 3.89. The van der Waals surface area contributed by atoms with Crippen LogP contribution in [-0.2, 0) is 0 Å². The standard InChI is InChI=1S/C16H18Cl2/c1-16(2,3)10-15(18)13-8-9-14(17)12-7-5-4-6-11(12)13/h4-9,15H,10H2,1-3H3. The number of fused-ring (bicyclic) bond motifs is 1. The number of benzene rings is 2. The molecule has 0 fully saturated rings. The van der Waals surface area contributed by atoms with E-state index in [9.17, 15) is 0 Å². The molecule has 0 saturated heterocycles. The molecule has 0 heterocycles. The van der Waals surface area contributed by atoms with Crippen LogP contribution in [0.1, 0.15) is 38.1 Å². The molecule has 2 aromatic carbocycles. The molecule has 0 nitrogen and oxygen atoms in total. The summed E-state index contributed by atoms with van der Waals surface area (Å²) < 4.78 is 0. The van der Waals surface area contributed by atoms with Gasteiger partial charge in [-0.2, -0.15) is 0 Å². The van der Waals surface area contributed by atoms with Crippen LogP contribution in [0.3, 0.4) is 0 Å². The summed E-state index contributed by atoms with van der Waals surface area (Å²) in [6.45, 7) is 6.63. The zero-order valence-electron chi connectivity index (χ0n) is 11.0. The highest BCUT2D eigenvalue weighted by Gasteiger charge is 2.20. The third-order valence-corrected chi connectivity index (χ3v) is 3.75. The van der Waals surface area contributed by atoms with Crippen LogP contribution >= 0.6 is 23.2 Å². The van der Waals surface area contributed by atoms with Gasteiger partial charge in [-0.1, -0.05) is 62.7 Å². The molecule has 0 saturated carbocycles. The lowest BCUT2D eigenvalue weighted by atomic mass is 9.87. The Hall–Kier alpha value is -0.720. The number of hydrogen-bond donors (Lipinski definition) is 0. The zero-order valence-corrected chi connectivity index (χ0v) is 12.5. The highest BCUT2D eigenvalue weighted by molar-refractivity contribution is 6.35. The Bertz CT molecular complexity index is 553. The first-order valence-electron chi connectivity index (χ1n) is 6.20. The smallest absolute Gasteiger partial charge is 0.0596 e. The third-order valence-electron chi connectivity index (χ3n) is 3.03. The summed E-state index contributed by atoms with van der Waals surface area (Å²) in [5.41, 5.74) is 1.39.